The molecule has 4 aliphatic carbocycles. The van der Waals surface area contributed by atoms with E-state index in [0.29, 0.717) is 9.74 Å². The van der Waals surface area contributed by atoms with E-state index >= 15 is 0 Å². The van der Waals surface area contributed by atoms with Gasteiger partial charge in [0.15, 0.2) is 0 Å². The molecule has 2 unspecified atom stereocenters. The van der Waals surface area contributed by atoms with Crippen molar-refractivity contribution in [3.8, 4) is 0 Å². The van der Waals surface area contributed by atoms with Crippen LogP contribution in [0.15, 0.2) is 0 Å². The summed E-state index contributed by atoms with van der Waals surface area (Å²) in [4.78, 5) is 0. The Balaban J connectivity index is 0.000000750. The van der Waals surface area contributed by atoms with Crippen LogP contribution in [0.5, 0.6) is 0 Å². The van der Waals surface area contributed by atoms with Gasteiger partial charge in [-0.2, -0.15) is 0 Å². The Hall–Kier alpha value is 0.730. The summed E-state index contributed by atoms with van der Waals surface area (Å²) in [7, 11) is 0. The fourth-order valence-corrected chi connectivity index (χ4v) is 6.09. The second-order valence-electron chi connectivity index (χ2n) is 5.82. The summed E-state index contributed by atoms with van der Waals surface area (Å²) in [6, 6.07) is 0. The number of halogens is 2. The monoisotopic (exact) mass is 279 g/mol. The molecule has 3 heteroatoms. The Kier molecular flexibility index (Phi) is 2.69. The van der Waals surface area contributed by atoms with Crippen molar-refractivity contribution in [1.82, 2.24) is 0 Å². The zero-order chi connectivity index (χ0) is 9.10. The third-order valence-electron chi connectivity index (χ3n) is 4.54. The summed E-state index contributed by atoms with van der Waals surface area (Å²) < 4.78 is 0.496. The molecule has 0 heterocycles. The Labute approximate surface area is 101 Å². The van der Waals surface area contributed by atoms with Gasteiger partial charge in [-0.1, -0.05) is 15.9 Å². The first-order valence-corrected chi connectivity index (χ1v) is 6.31. The molecule has 0 amide bonds. The molecule has 0 aliphatic heterocycles. The van der Waals surface area contributed by atoms with Crippen molar-refractivity contribution in [3.05, 3.63) is 0 Å². The van der Waals surface area contributed by atoms with E-state index in [-0.39, 0.29) is 12.4 Å². The van der Waals surface area contributed by atoms with Crippen LogP contribution in [-0.2, 0) is 0 Å². The van der Waals surface area contributed by atoms with Crippen LogP contribution < -0.4 is 5.73 Å². The van der Waals surface area contributed by atoms with Gasteiger partial charge >= 0.3 is 0 Å². The highest BCUT2D eigenvalue weighted by Crippen LogP contribution is 2.63. The van der Waals surface area contributed by atoms with Crippen LogP contribution >= 0.6 is 28.3 Å². The number of alkyl halides is 1. The Bertz CT molecular complexity index is 229. The first-order valence-electron chi connectivity index (χ1n) is 5.52. The van der Waals surface area contributed by atoms with Crippen LogP contribution in [0.25, 0.3) is 0 Å². The zero-order valence-corrected chi connectivity index (χ0v) is 10.9. The summed E-state index contributed by atoms with van der Waals surface area (Å²) in [5, 5.41) is 0. The number of nitrogens with two attached hydrogens (primary N) is 1. The van der Waals surface area contributed by atoms with Crippen molar-refractivity contribution in [2.75, 3.05) is 6.54 Å². The molecule has 0 aromatic rings. The highest BCUT2D eigenvalue weighted by molar-refractivity contribution is 9.10. The highest BCUT2D eigenvalue weighted by Gasteiger charge is 2.55. The first kappa shape index (κ1) is 11.2. The summed E-state index contributed by atoms with van der Waals surface area (Å²) in [5.41, 5.74) is 6.50. The lowest BCUT2D eigenvalue weighted by molar-refractivity contribution is -0.0288. The molecule has 4 saturated carbocycles. The van der Waals surface area contributed by atoms with Gasteiger partial charge in [-0.3, -0.25) is 0 Å². The zero-order valence-electron chi connectivity index (χ0n) is 8.47. The second-order valence-corrected chi connectivity index (χ2v) is 7.50. The number of hydrogen-bond acceptors (Lipinski definition) is 1. The lowest BCUT2D eigenvalue weighted by atomic mass is 9.49. The van der Waals surface area contributed by atoms with Crippen molar-refractivity contribution >= 4 is 28.3 Å². The van der Waals surface area contributed by atoms with E-state index in [9.17, 15) is 0 Å². The average molecular weight is 281 g/mol. The molecule has 0 aromatic heterocycles. The summed E-state index contributed by atoms with van der Waals surface area (Å²) in [6.45, 7) is 0.924. The Morgan fingerprint density at radius 1 is 1.14 bits per heavy atom. The molecule has 0 spiro atoms. The third-order valence-corrected chi connectivity index (χ3v) is 5.47. The predicted octanol–water partition coefficient (Wildman–Crippen LogP) is 3.10. The summed E-state index contributed by atoms with van der Waals surface area (Å²) in [5.74, 6) is 1.98. The molecular weight excluding hydrogens is 261 g/mol. The SMILES string of the molecule is Cl.NCC12CC3CC(CC(Br)(C3)C1)C2. The largest absolute Gasteiger partial charge is 0.330 e. The van der Waals surface area contributed by atoms with Crippen LogP contribution in [-0.4, -0.2) is 10.9 Å². The predicted molar refractivity (Wildman–Crippen MR) is 65.1 cm³/mol. The number of rotatable bonds is 1. The van der Waals surface area contributed by atoms with Gasteiger partial charge in [0.2, 0.25) is 0 Å². The van der Waals surface area contributed by atoms with Crippen molar-refractivity contribution in [3.63, 3.8) is 0 Å². The molecule has 2 N–H and O–H groups in total. The van der Waals surface area contributed by atoms with Gasteiger partial charge in [-0.05, 0) is 62.3 Å². The lowest BCUT2D eigenvalue weighted by Gasteiger charge is -2.60. The fraction of sp³-hybridized carbons (Fsp3) is 1.00. The molecular formula is C11H19BrClN. The van der Waals surface area contributed by atoms with E-state index in [2.05, 4.69) is 15.9 Å². The van der Waals surface area contributed by atoms with Crippen molar-refractivity contribution < 1.29 is 0 Å². The van der Waals surface area contributed by atoms with Gasteiger partial charge in [-0.25, -0.2) is 0 Å². The first-order chi connectivity index (χ1) is 6.13. The molecule has 4 bridgehead atoms. The van der Waals surface area contributed by atoms with E-state index in [1.54, 1.807) is 0 Å². The minimum absolute atomic E-state index is 0. The van der Waals surface area contributed by atoms with E-state index in [4.69, 9.17) is 5.73 Å². The lowest BCUT2D eigenvalue weighted by Crippen LogP contribution is -2.55. The Morgan fingerprint density at radius 2 is 1.71 bits per heavy atom. The van der Waals surface area contributed by atoms with Crippen molar-refractivity contribution in [1.29, 1.82) is 0 Å². The molecule has 4 rings (SSSR count). The standard InChI is InChI=1S/C11H18BrN.ClH/c12-11-4-8-1-9(5-11)3-10(2-8,6-11)7-13;/h8-9H,1-7,13H2;1H. The van der Waals surface area contributed by atoms with Crippen molar-refractivity contribution in [2.45, 2.75) is 42.8 Å². The van der Waals surface area contributed by atoms with E-state index in [1.807, 2.05) is 0 Å². The summed E-state index contributed by atoms with van der Waals surface area (Å²) >= 11 is 3.98. The number of hydrogen-bond donors (Lipinski definition) is 1. The fourth-order valence-electron chi connectivity index (χ4n) is 4.57. The molecule has 4 aliphatic rings. The molecule has 2 atom stereocenters. The maximum absolute atomic E-state index is 5.97. The minimum atomic E-state index is 0. The van der Waals surface area contributed by atoms with Crippen LogP contribution in [0, 0.1) is 17.3 Å². The summed E-state index contributed by atoms with van der Waals surface area (Å²) in [6.07, 6.45) is 8.54. The molecule has 4 fully saturated rings. The maximum Gasteiger partial charge on any atom is 0.0269 e. The molecule has 82 valence electrons. The minimum Gasteiger partial charge on any atom is -0.330 e. The second kappa shape index (κ2) is 3.36. The molecule has 0 aromatic carbocycles. The van der Waals surface area contributed by atoms with Gasteiger partial charge in [-0.15, -0.1) is 12.4 Å². The van der Waals surface area contributed by atoms with E-state index < -0.39 is 0 Å². The van der Waals surface area contributed by atoms with Crippen LogP contribution in [0.1, 0.15) is 38.5 Å². The molecule has 1 nitrogen and oxygen atoms in total. The van der Waals surface area contributed by atoms with E-state index in [1.165, 1.54) is 38.5 Å². The smallest absolute Gasteiger partial charge is 0.0269 e. The van der Waals surface area contributed by atoms with Crippen molar-refractivity contribution in [2.24, 2.45) is 23.0 Å². The van der Waals surface area contributed by atoms with Gasteiger partial charge in [0, 0.05) is 4.32 Å². The normalized spacial score (nSPS) is 54.4. The van der Waals surface area contributed by atoms with Gasteiger partial charge in [0.1, 0.15) is 0 Å². The molecule has 0 radical (unpaired) electrons. The third kappa shape index (κ3) is 1.54. The van der Waals surface area contributed by atoms with Crippen LogP contribution in [0.4, 0.5) is 0 Å². The van der Waals surface area contributed by atoms with Crippen LogP contribution in [0.2, 0.25) is 0 Å². The highest BCUT2D eigenvalue weighted by atomic mass is 79.9. The van der Waals surface area contributed by atoms with E-state index in [0.717, 1.165) is 18.4 Å². The Morgan fingerprint density at radius 3 is 2.14 bits per heavy atom. The van der Waals surface area contributed by atoms with Gasteiger partial charge < -0.3 is 5.73 Å². The average Bonchev–Trinajstić information content (AvgIpc) is 1.99. The molecule has 14 heavy (non-hydrogen) atoms. The topological polar surface area (TPSA) is 26.0 Å². The quantitative estimate of drug-likeness (QED) is 0.734. The van der Waals surface area contributed by atoms with Gasteiger partial charge in [0.05, 0.1) is 0 Å². The van der Waals surface area contributed by atoms with Crippen LogP contribution in [0.3, 0.4) is 0 Å². The molecule has 0 saturated heterocycles. The maximum atomic E-state index is 5.97. The van der Waals surface area contributed by atoms with Gasteiger partial charge in [0.25, 0.3) is 0 Å².